The molecule has 1 heterocycles. The third-order valence-corrected chi connectivity index (χ3v) is 5.15. The first-order valence-corrected chi connectivity index (χ1v) is 8.78. The van der Waals surface area contributed by atoms with Crippen molar-refractivity contribution in [3.05, 3.63) is 0 Å². The summed E-state index contributed by atoms with van der Waals surface area (Å²) in [7, 11) is -3.07. The minimum Gasteiger partial charge on any atom is -0.394 e. The molecule has 0 saturated carbocycles. The molecule has 0 bridgehead atoms. The van der Waals surface area contributed by atoms with Crippen LogP contribution in [0.4, 0.5) is 0 Å². The van der Waals surface area contributed by atoms with Gasteiger partial charge in [0.25, 0.3) is 0 Å². The smallest absolute Gasteiger partial charge is 0.213 e. The molecule has 1 aliphatic rings. The highest BCUT2D eigenvalue weighted by Crippen LogP contribution is 2.14. The lowest BCUT2D eigenvalue weighted by atomic mass is 10.1. The standard InChI is InChI=1S/C12H26N4O3S.HI/c1-3-13-12(14-7-10-17)15-11-5-8-16(9-6-11)20(18,19)4-2;/h11,17H,3-10H2,1-2H3,(H2,13,14,15);1H. The highest BCUT2D eigenvalue weighted by molar-refractivity contribution is 14.0. The van der Waals surface area contributed by atoms with Crippen LogP contribution in [0.25, 0.3) is 0 Å². The van der Waals surface area contributed by atoms with E-state index < -0.39 is 10.0 Å². The Morgan fingerprint density at radius 3 is 2.43 bits per heavy atom. The number of rotatable bonds is 6. The Hall–Kier alpha value is -0.130. The number of nitrogens with one attached hydrogen (secondary N) is 2. The second-order valence-electron chi connectivity index (χ2n) is 4.70. The van der Waals surface area contributed by atoms with Crippen LogP contribution >= 0.6 is 24.0 Å². The van der Waals surface area contributed by atoms with Gasteiger partial charge in [0.1, 0.15) is 0 Å². The predicted octanol–water partition coefficient (Wildman–Crippen LogP) is -0.0341. The van der Waals surface area contributed by atoms with Crippen LogP contribution in [0.3, 0.4) is 0 Å². The summed E-state index contributed by atoms with van der Waals surface area (Å²) in [6.07, 6.45) is 1.53. The summed E-state index contributed by atoms with van der Waals surface area (Å²) < 4.78 is 25.1. The van der Waals surface area contributed by atoms with Crippen molar-refractivity contribution in [3.63, 3.8) is 0 Å². The molecule has 0 aromatic heterocycles. The molecule has 126 valence electrons. The maximum absolute atomic E-state index is 11.8. The normalized spacial score (nSPS) is 18.1. The van der Waals surface area contributed by atoms with E-state index in [0.29, 0.717) is 25.6 Å². The Morgan fingerprint density at radius 1 is 1.33 bits per heavy atom. The van der Waals surface area contributed by atoms with E-state index in [1.54, 1.807) is 11.2 Å². The largest absolute Gasteiger partial charge is 0.394 e. The van der Waals surface area contributed by atoms with Gasteiger partial charge in [0.15, 0.2) is 5.96 Å². The van der Waals surface area contributed by atoms with Crippen LogP contribution < -0.4 is 10.6 Å². The average molecular weight is 434 g/mol. The molecule has 0 radical (unpaired) electrons. The number of guanidine groups is 1. The van der Waals surface area contributed by atoms with Crippen molar-refractivity contribution in [2.75, 3.05) is 38.5 Å². The van der Waals surface area contributed by atoms with E-state index in [2.05, 4.69) is 15.6 Å². The summed E-state index contributed by atoms with van der Waals surface area (Å²) in [6.45, 7) is 5.88. The van der Waals surface area contributed by atoms with Gasteiger partial charge in [-0.1, -0.05) is 0 Å². The molecule has 0 aliphatic carbocycles. The van der Waals surface area contributed by atoms with Crippen molar-refractivity contribution in [1.29, 1.82) is 0 Å². The molecular formula is C12H27IN4O3S. The van der Waals surface area contributed by atoms with Crippen LogP contribution in [-0.4, -0.2) is 68.4 Å². The maximum Gasteiger partial charge on any atom is 0.213 e. The van der Waals surface area contributed by atoms with Gasteiger partial charge in [-0.3, -0.25) is 4.99 Å². The first-order valence-electron chi connectivity index (χ1n) is 7.17. The fourth-order valence-electron chi connectivity index (χ4n) is 2.14. The lowest BCUT2D eigenvalue weighted by molar-refractivity contribution is 0.302. The van der Waals surface area contributed by atoms with Crippen LogP contribution in [0.1, 0.15) is 26.7 Å². The van der Waals surface area contributed by atoms with Crippen molar-refractivity contribution >= 4 is 40.0 Å². The molecule has 0 unspecified atom stereocenters. The Labute approximate surface area is 144 Å². The van der Waals surface area contributed by atoms with Gasteiger partial charge < -0.3 is 15.7 Å². The second kappa shape index (κ2) is 10.6. The summed E-state index contributed by atoms with van der Waals surface area (Å²) in [5, 5.41) is 15.2. The summed E-state index contributed by atoms with van der Waals surface area (Å²) in [5.74, 6) is 0.837. The predicted molar refractivity (Wildman–Crippen MR) is 95.7 cm³/mol. The third-order valence-electron chi connectivity index (χ3n) is 3.27. The van der Waals surface area contributed by atoms with E-state index in [4.69, 9.17) is 5.11 Å². The lowest BCUT2D eigenvalue weighted by Gasteiger charge is -2.32. The van der Waals surface area contributed by atoms with Gasteiger partial charge in [0.2, 0.25) is 10.0 Å². The fraction of sp³-hybridized carbons (Fsp3) is 0.917. The molecule has 0 aromatic rings. The van der Waals surface area contributed by atoms with Crippen molar-refractivity contribution in [2.45, 2.75) is 32.7 Å². The van der Waals surface area contributed by atoms with Gasteiger partial charge in [-0.2, -0.15) is 0 Å². The molecule has 0 spiro atoms. The molecule has 7 nitrogen and oxygen atoms in total. The average Bonchev–Trinajstić information content (AvgIpc) is 2.45. The topological polar surface area (TPSA) is 94.0 Å². The molecular weight excluding hydrogens is 407 g/mol. The number of aliphatic hydroxyl groups is 1. The first kappa shape index (κ1) is 20.9. The summed E-state index contributed by atoms with van der Waals surface area (Å²) >= 11 is 0. The quantitative estimate of drug-likeness (QED) is 0.310. The molecule has 1 rings (SSSR count). The maximum atomic E-state index is 11.8. The van der Waals surface area contributed by atoms with Crippen molar-refractivity contribution < 1.29 is 13.5 Å². The molecule has 1 fully saturated rings. The van der Waals surface area contributed by atoms with E-state index in [1.165, 1.54) is 0 Å². The molecule has 1 saturated heterocycles. The minimum absolute atomic E-state index is 0. The van der Waals surface area contributed by atoms with E-state index in [1.807, 2.05) is 6.92 Å². The molecule has 0 amide bonds. The molecule has 0 atom stereocenters. The fourth-order valence-corrected chi connectivity index (χ4v) is 3.27. The molecule has 21 heavy (non-hydrogen) atoms. The number of nitrogens with zero attached hydrogens (tertiary/aromatic N) is 2. The van der Waals surface area contributed by atoms with E-state index >= 15 is 0 Å². The van der Waals surface area contributed by atoms with E-state index in [0.717, 1.165) is 19.4 Å². The summed E-state index contributed by atoms with van der Waals surface area (Å²) in [6, 6.07) is 0.217. The zero-order valence-electron chi connectivity index (χ0n) is 12.7. The number of halogens is 1. The monoisotopic (exact) mass is 434 g/mol. The van der Waals surface area contributed by atoms with Gasteiger partial charge in [0.05, 0.1) is 18.9 Å². The molecule has 9 heteroatoms. The number of piperidine rings is 1. The van der Waals surface area contributed by atoms with Gasteiger partial charge in [0, 0.05) is 25.7 Å². The Kier molecular flexibility index (Phi) is 10.5. The minimum atomic E-state index is -3.07. The number of hydrogen-bond donors (Lipinski definition) is 3. The summed E-state index contributed by atoms with van der Waals surface area (Å²) in [4.78, 5) is 4.22. The van der Waals surface area contributed by atoms with Crippen LogP contribution in [-0.2, 0) is 10.0 Å². The SMILES string of the molecule is CCNC(=NCCO)NC1CCN(S(=O)(=O)CC)CC1.I. The molecule has 1 aliphatic heterocycles. The van der Waals surface area contributed by atoms with Crippen LogP contribution in [0.2, 0.25) is 0 Å². The van der Waals surface area contributed by atoms with E-state index in [-0.39, 0.29) is 42.4 Å². The Morgan fingerprint density at radius 2 is 1.95 bits per heavy atom. The number of sulfonamides is 1. The lowest BCUT2D eigenvalue weighted by Crippen LogP contribution is -2.50. The van der Waals surface area contributed by atoms with Gasteiger partial charge in [-0.15, -0.1) is 24.0 Å². The van der Waals surface area contributed by atoms with Crippen LogP contribution in [0.5, 0.6) is 0 Å². The Balaban J connectivity index is 0.00000400. The number of aliphatic imine (C=N–C) groups is 1. The van der Waals surface area contributed by atoms with Gasteiger partial charge >= 0.3 is 0 Å². The molecule has 3 N–H and O–H groups in total. The van der Waals surface area contributed by atoms with Crippen LogP contribution in [0.15, 0.2) is 4.99 Å². The number of aliphatic hydroxyl groups excluding tert-OH is 1. The van der Waals surface area contributed by atoms with Crippen molar-refractivity contribution in [3.8, 4) is 0 Å². The van der Waals surface area contributed by atoms with Crippen molar-refractivity contribution in [1.82, 2.24) is 14.9 Å². The van der Waals surface area contributed by atoms with E-state index in [9.17, 15) is 8.42 Å². The zero-order valence-corrected chi connectivity index (χ0v) is 15.9. The number of hydrogen-bond acceptors (Lipinski definition) is 4. The zero-order chi connectivity index (χ0) is 15.0. The van der Waals surface area contributed by atoms with Crippen molar-refractivity contribution in [2.24, 2.45) is 4.99 Å². The van der Waals surface area contributed by atoms with Crippen LogP contribution in [0, 0.1) is 0 Å². The van der Waals surface area contributed by atoms with Gasteiger partial charge in [-0.05, 0) is 26.7 Å². The summed E-state index contributed by atoms with van der Waals surface area (Å²) in [5.41, 5.74) is 0. The first-order chi connectivity index (χ1) is 9.53. The Bertz CT molecular complexity index is 409. The second-order valence-corrected chi connectivity index (χ2v) is 6.96. The molecule has 0 aromatic carbocycles. The highest BCUT2D eigenvalue weighted by Gasteiger charge is 2.26. The highest BCUT2D eigenvalue weighted by atomic mass is 127. The van der Waals surface area contributed by atoms with Gasteiger partial charge in [-0.25, -0.2) is 12.7 Å². The third kappa shape index (κ3) is 7.11.